The fourth-order valence-corrected chi connectivity index (χ4v) is 2.31. The van der Waals surface area contributed by atoms with Crippen molar-refractivity contribution in [2.45, 2.75) is 26.6 Å². The number of methoxy groups -OCH3 is 1. The highest BCUT2D eigenvalue weighted by atomic mass is 16.7. The maximum absolute atomic E-state index is 12.0. The van der Waals surface area contributed by atoms with Crippen LogP contribution in [-0.4, -0.2) is 45.0 Å². The summed E-state index contributed by atoms with van der Waals surface area (Å²) in [4.78, 5) is 24.0. The summed E-state index contributed by atoms with van der Waals surface area (Å²) in [5.74, 6) is -1.69. The third-order valence-corrected chi connectivity index (χ3v) is 3.50. The highest BCUT2D eigenvalue weighted by Crippen LogP contribution is 2.25. The molecule has 2 aromatic rings. The van der Waals surface area contributed by atoms with Gasteiger partial charge in [-0.25, -0.2) is 9.59 Å². The van der Waals surface area contributed by atoms with Crippen LogP contribution >= 0.6 is 0 Å². The van der Waals surface area contributed by atoms with Gasteiger partial charge in [-0.1, -0.05) is 0 Å². The van der Waals surface area contributed by atoms with Gasteiger partial charge >= 0.3 is 11.9 Å². The Labute approximate surface area is 148 Å². The van der Waals surface area contributed by atoms with E-state index in [1.165, 1.54) is 31.8 Å². The first kappa shape index (κ1) is 17.4. The van der Waals surface area contributed by atoms with E-state index in [1.54, 1.807) is 25.1 Å². The number of nitrogens with one attached hydrogen (secondary N) is 1. The zero-order valence-electron chi connectivity index (χ0n) is 14.6. The average Bonchev–Trinajstić information content (AvgIpc) is 2.98. The molecule has 26 heavy (non-hydrogen) atoms. The number of aryl methyl sites for hydroxylation is 1. The number of rotatable bonds is 4. The molecule has 10 heteroatoms. The number of nitrogens with zero attached hydrogens (tertiary/aromatic N) is 4. The van der Waals surface area contributed by atoms with Crippen LogP contribution in [0.5, 0.6) is 5.75 Å². The van der Waals surface area contributed by atoms with Crippen LogP contribution in [0.1, 0.15) is 19.7 Å². The van der Waals surface area contributed by atoms with E-state index in [1.807, 2.05) is 0 Å². The van der Waals surface area contributed by atoms with Crippen molar-refractivity contribution in [1.82, 2.24) is 20.2 Å². The Bertz CT molecular complexity index is 880. The molecule has 1 aromatic heterocycles. The Kier molecular flexibility index (Phi) is 4.33. The SMILES string of the molecule is COc1cc(NC=C2C(=O)OC(C)(C)OC2=O)cc(-n2nnnc2C)c1. The van der Waals surface area contributed by atoms with E-state index in [2.05, 4.69) is 20.8 Å². The van der Waals surface area contributed by atoms with Crippen LogP contribution in [0, 0.1) is 6.92 Å². The first-order chi connectivity index (χ1) is 12.3. The highest BCUT2D eigenvalue weighted by molar-refractivity contribution is 6.15. The van der Waals surface area contributed by atoms with Gasteiger partial charge in [0, 0.05) is 37.9 Å². The molecule has 0 bridgehead atoms. The maximum Gasteiger partial charge on any atom is 0.350 e. The number of cyclic esters (lactones) is 2. The minimum absolute atomic E-state index is 0.243. The minimum Gasteiger partial charge on any atom is -0.497 e. The Hall–Kier alpha value is -3.43. The van der Waals surface area contributed by atoms with E-state index in [4.69, 9.17) is 14.2 Å². The molecule has 1 saturated heterocycles. The number of esters is 2. The molecule has 1 aliphatic rings. The first-order valence-corrected chi connectivity index (χ1v) is 7.67. The molecule has 1 aromatic carbocycles. The summed E-state index contributed by atoms with van der Waals surface area (Å²) in [6.07, 6.45) is 1.23. The fraction of sp³-hybridized carbons (Fsp3) is 0.312. The molecule has 10 nitrogen and oxygen atoms in total. The van der Waals surface area contributed by atoms with E-state index in [9.17, 15) is 9.59 Å². The minimum atomic E-state index is -1.29. The molecule has 0 unspecified atom stereocenters. The fourth-order valence-electron chi connectivity index (χ4n) is 2.31. The molecule has 0 radical (unpaired) electrons. The molecule has 3 rings (SSSR count). The maximum atomic E-state index is 12.0. The molecule has 1 N–H and O–H groups in total. The molecule has 1 fully saturated rings. The van der Waals surface area contributed by atoms with Crippen LogP contribution in [-0.2, 0) is 19.1 Å². The lowest BCUT2D eigenvalue weighted by Gasteiger charge is -2.29. The summed E-state index contributed by atoms with van der Waals surface area (Å²) in [5.41, 5.74) is 0.946. The molecule has 0 atom stereocenters. The second-order valence-corrected chi connectivity index (χ2v) is 5.94. The third-order valence-electron chi connectivity index (χ3n) is 3.50. The molecule has 1 aliphatic heterocycles. The molecule has 0 amide bonds. The van der Waals surface area contributed by atoms with Crippen molar-refractivity contribution in [3.05, 3.63) is 35.8 Å². The largest absolute Gasteiger partial charge is 0.497 e. The summed E-state index contributed by atoms with van der Waals surface area (Å²) in [5, 5.41) is 14.2. The second-order valence-electron chi connectivity index (χ2n) is 5.94. The van der Waals surface area contributed by atoms with Gasteiger partial charge in [0.1, 0.15) is 5.75 Å². The quantitative estimate of drug-likeness (QED) is 0.486. The summed E-state index contributed by atoms with van der Waals surface area (Å²) in [6, 6.07) is 5.16. The van der Waals surface area contributed by atoms with Gasteiger partial charge in [0.2, 0.25) is 0 Å². The van der Waals surface area contributed by atoms with Gasteiger partial charge in [-0.05, 0) is 23.4 Å². The predicted molar refractivity (Wildman–Crippen MR) is 88.4 cm³/mol. The lowest BCUT2D eigenvalue weighted by molar-refractivity contribution is -0.222. The second kappa shape index (κ2) is 6.47. The lowest BCUT2D eigenvalue weighted by Crippen LogP contribution is -2.42. The number of aromatic nitrogens is 4. The molecule has 2 heterocycles. The number of hydrogen-bond donors (Lipinski definition) is 1. The van der Waals surface area contributed by atoms with Crippen LogP contribution in [0.25, 0.3) is 5.69 Å². The van der Waals surface area contributed by atoms with Crippen LogP contribution in [0.15, 0.2) is 30.0 Å². The summed E-state index contributed by atoms with van der Waals surface area (Å²) >= 11 is 0. The molecule has 136 valence electrons. The lowest BCUT2D eigenvalue weighted by atomic mass is 10.2. The number of hydrogen-bond acceptors (Lipinski definition) is 9. The van der Waals surface area contributed by atoms with Crippen molar-refractivity contribution >= 4 is 17.6 Å². The highest BCUT2D eigenvalue weighted by Gasteiger charge is 2.38. The van der Waals surface area contributed by atoms with Crippen molar-refractivity contribution < 1.29 is 23.8 Å². The molecule has 0 aliphatic carbocycles. The first-order valence-electron chi connectivity index (χ1n) is 7.67. The van der Waals surface area contributed by atoms with Gasteiger partial charge in [-0.2, -0.15) is 4.68 Å². The Morgan fingerprint density at radius 3 is 2.46 bits per heavy atom. The van der Waals surface area contributed by atoms with E-state index in [0.717, 1.165) is 0 Å². The van der Waals surface area contributed by atoms with Crippen molar-refractivity contribution in [2.75, 3.05) is 12.4 Å². The van der Waals surface area contributed by atoms with Gasteiger partial charge in [0.25, 0.3) is 5.79 Å². The normalized spacial score (nSPS) is 15.9. The van der Waals surface area contributed by atoms with Crippen LogP contribution in [0.3, 0.4) is 0 Å². The van der Waals surface area contributed by atoms with E-state index in [0.29, 0.717) is 22.9 Å². The van der Waals surface area contributed by atoms with Crippen molar-refractivity contribution in [3.63, 3.8) is 0 Å². The molecule has 0 spiro atoms. The zero-order chi connectivity index (χ0) is 18.9. The number of ether oxygens (including phenoxy) is 3. The van der Waals surface area contributed by atoms with Crippen LogP contribution in [0.4, 0.5) is 5.69 Å². The number of anilines is 1. The van der Waals surface area contributed by atoms with Gasteiger partial charge in [0.15, 0.2) is 11.4 Å². The zero-order valence-corrected chi connectivity index (χ0v) is 14.6. The molecular weight excluding hydrogens is 342 g/mol. The van der Waals surface area contributed by atoms with Gasteiger partial charge in [0.05, 0.1) is 12.8 Å². The third kappa shape index (κ3) is 3.48. The van der Waals surface area contributed by atoms with Crippen LogP contribution < -0.4 is 10.1 Å². The topological polar surface area (TPSA) is 117 Å². The molecule has 0 saturated carbocycles. The Balaban J connectivity index is 1.89. The molecular formula is C16H17N5O5. The van der Waals surface area contributed by atoms with Crippen molar-refractivity contribution in [1.29, 1.82) is 0 Å². The van der Waals surface area contributed by atoms with Gasteiger partial charge in [-0.3, -0.25) is 0 Å². The van der Waals surface area contributed by atoms with Crippen LogP contribution in [0.2, 0.25) is 0 Å². The number of carbonyl (C=O) groups excluding carboxylic acids is 2. The van der Waals surface area contributed by atoms with Gasteiger partial charge in [-0.15, -0.1) is 5.10 Å². The predicted octanol–water partition coefficient (Wildman–Crippen LogP) is 1.11. The number of tetrazole rings is 1. The Morgan fingerprint density at radius 2 is 1.88 bits per heavy atom. The smallest absolute Gasteiger partial charge is 0.350 e. The monoisotopic (exact) mass is 359 g/mol. The number of benzene rings is 1. The Morgan fingerprint density at radius 1 is 1.19 bits per heavy atom. The standard InChI is InChI=1S/C16H17N5O5/c1-9-18-19-20-21(9)11-5-10(6-12(7-11)24-4)17-8-13-14(22)25-16(2,3)26-15(13)23/h5-8,17H,1-4H3. The average molecular weight is 359 g/mol. The van der Waals surface area contributed by atoms with Gasteiger partial charge < -0.3 is 19.5 Å². The van der Waals surface area contributed by atoms with E-state index >= 15 is 0 Å². The summed E-state index contributed by atoms with van der Waals surface area (Å²) in [7, 11) is 1.52. The van der Waals surface area contributed by atoms with E-state index < -0.39 is 17.7 Å². The number of carbonyl (C=O) groups is 2. The van der Waals surface area contributed by atoms with Crippen molar-refractivity contribution in [2.24, 2.45) is 0 Å². The van der Waals surface area contributed by atoms with Crippen molar-refractivity contribution in [3.8, 4) is 11.4 Å². The summed E-state index contributed by atoms with van der Waals surface area (Å²) in [6.45, 7) is 4.72. The summed E-state index contributed by atoms with van der Waals surface area (Å²) < 4.78 is 16.9. The van der Waals surface area contributed by atoms with E-state index in [-0.39, 0.29) is 5.57 Å².